The van der Waals surface area contributed by atoms with E-state index in [1.165, 1.54) is 36.8 Å². The first kappa shape index (κ1) is 52.6. The van der Waals surface area contributed by atoms with E-state index in [0.29, 0.717) is 30.5 Å². The van der Waals surface area contributed by atoms with E-state index >= 15 is 0 Å². The molecule has 372 valence electrons. The van der Waals surface area contributed by atoms with Crippen molar-refractivity contribution in [2.75, 3.05) is 19.6 Å². The van der Waals surface area contributed by atoms with Gasteiger partial charge in [0.05, 0.1) is 6.33 Å². The zero-order chi connectivity index (χ0) is 49.5. The number of H-pyrrole nitrogens is 2. The standard InChI is InChI=1S/C48H66FN13O7/c1-2-3-4-5-14-42(64)58-37-19-20-41(63)53-21-8-9-22-54-43(65)39(25-31-27-56-35-12-7-6-11-34(31)35)61-44(66)36(13-10-23-55-48(50)51)59-46(68)38(24-30-15-17-32(49)18-16-30)60-47(69)40(62-45(37)67)26-33-28-52-29-57-33/h6-7,11-12,15-18,27-29,36-40,56H,2-5,8-10,13-14,19-26H2,1H3,(H,52,57)(H,53,63)(H,54,65)(H,58,64)(H,59,68)(H,60,69)(H,61,66)(H,62,67)(H4,50,51,55)/t36-,37-,38?,39-,40-/m0/s1. The number of nitrogens with two attached hydrogens (primary N) is 2. The summed E-state index contributed by atoms with van der Waals surface area (Å²) in [6.45, 7) is 2.63. The summed E-state index contributed by atoms with van der Waals surface area (Å²) in [6, 6.07) is 6.43. The number of halogens is 1. The van der Waals surface area contributed by atoms with Gasteiger partial charge in [-0.25, -0.2) is 9.37 Å². The number of aliphatic imine (C=N–C) groups is 1. The Morgan fingerprint density at radius 3 is 2.13 bits per heavy atom. The van der Waals surface area contributed by atoms with Crippen LogP contribution in [0.5, 0.6) is 0 Å². The molecule has 0 radical (unpaired) electrons. The number of nitrogens with zero attached hydrogens (tertiary/aromatic N) is 2. The number of hydrogen-bond acceptors (Lipinski definition) is 9. The van der Waals surface area contributed by atoms with Crippen LogP contribution in [0.3, 0.4) is 0 Å². The molecule has 0 aliphatic carbocycles. The molecule has 2 aromatic heterocycles. The number of unbranched alkanes of at least 4 members (excludes halogenated alkanes) is 3. The summed E-state index contributed by atoms with van der Waals surface area (Å²) in [5, 5.41) is 20.4. The zero-order valence-corrected chi connectivity index (χ0v) is 39.0. The molecule has 0 spiro atoms. The maximum absolute atomic E-state index is 14.6. The minimum absolute atomic E-state index is 0.00291. The van der Waals surface area contributed by atoms with E-state index in [2.05, 4.69) is 57.2 Å². The number of nitrogens with one attached hydrogen (secondary N) is 9. The summed E-state index contributed by atoms with van der Waals surface area (Å²) in [5.74, 6) is -5.02. The Kier molecular flexibility index (Phi) is 21.0. The topological polar surface area (TPSA) is 313 Å². The maximum atomic E-state index is 14.6. The Balaban J connectivity index is 1.49. The SMILES string of the molecule is CCCCCCC(=O)N[C@H]1CCC(=O)NCCCCNC(=O)[C@H](Cc2c[nH]c3ccccc23)NC(=O)[C@H](CCCN=C(N)N)NC(=O)C(Cc2ccc(F)cc2)NC(=O)[C@H](Cc2cnc[nH]2)NC1=O. The van der Waals surface area contributed by atoms with Crippen molar-refractivity contribution in [2.24, 2.45) is 16.5 Å². The number of fused-ring (bicyclic) bond motifs is 1. The fraction of sp³-hybridized carbons (Fsp3) is 0.479. The van der Waals surface area contributed by atoms with Crippen molar-refractivity contribution in [3.8, 4) is 0 Å². The molecule has 1 aliphatic heterocycles. The fourth-order valence-corrected chi connectivity index (χ4v) is 7.91. The molecule has 20 nitrogen and oxygen atoms in total. The van der Waals surface area contributed by atoms with Gasteiger partial charge in [-0.2, -0.15) is 0 Å². The molecule has 5 atom stereocenters. The molecule has 21 heteroatoms. The summed E-state index contributed by atoms with van der Waals surface area (Å²) < 4.78 is 14.1. The molecule has 5 rings (SSSR count). The third kappa shape index (κ3) is 17.7. The summed E-state index contributed by atoms with van der Waals surface area (Å²) >= 11 is 0. The number of carbonyl (C=O) groups is 7. The second kappa shape index (κ2) is 27.5. The Bertz CT molecular complexity index is 2350. The smallest absolute Gasteiger partial charge is 0.243 e. The number of aromatic amines is 2. The lowest BCUT2D eigenvalue weighted by Gasteiger charge is -2.27. The van der Waals surface area contributed by atoms with Crippen molar-refractivity contribution in [3.63, 3.8) is 0 Å². The molecule has 1 aliphatic rings. The number of benzene rings is 2. The van der Waals surface area contributed by atoms with Gasteiger partial charge in [0.1, 0.15) is 36.0 Å². The van der Waals surface area contributed by atoms with Crippen molar-refractivity contribution in [2.45, 2.75) is 127 Å². The number of aromatic nitrogens is 3. The minimum atomic E-state index is -1.41. The van der Waals surface area contributed by atoms with Crippen molar-refractivity contribution in [3.05, 3.63) is 89.9 Å². The summed E-state index contributed by atoms with van der Waals surface area (Å²) in [7, 11) is 0. The van der Waals surface area contributed by atoms with Crippen LogP contribution in [0.25, 0.3) is 10.9 Å². The van der Waals surface area contributed by atoms with Crippen LogP contribution in [-0.2, 0) is 52.8 Å². The highest BCUT2D eigenvalue weighted by Crippen LogP contribution is 2.20. The van der Waals surface area contributed by atoms with E-state index in [1.807, 2.05) is 31.2 Å². The molecular weight excluding hydrogens is 890 g/mol. The number of rotatable bonds is 16. The van der Waals surface area contributed by atoms with Gasteiger partial charge >= 0.3 is 0 Å². The molecule has 3 heterocycles. The second-order valence-corrected chi connectivity index (χ2v) is 17.2. The molecule has 7 amide bonds. The monoisotopic (exact) mass is 956 g/mol. The van der Waals surface area contributed by atoms with E-state index in [0.717, 1.165) is 35.7 Å². The summed E-state index contributed by atoms with van der Waals surface area (Å²) in [5.41, 5.74) is 13.6. The number of amides is 7. The third-order valence-electron chi connectivity index (χ3n) is 11.7. The third-order valence-corrected chi connectivity index (χ3v) is 11.7. The van der Waals surface area contributed by atoms with E-state index in [-0.39, 0.29) is 82.9 Å². The van der Waals surface area contributed by atoms with Crippen molar-refractivity contribution < 1.29 is 38.0 Å². The van der Waals surface area contributed by atoms with Gasteiger partial charge in [-0.1, -0.05) is 56.5 Å². The first-order valence-corrected chi connectivity index (χ1v) is 23.7. The van der Waals surface area contributed by atoms with Gasteiger partial charge in [-0.15, -0.1) is 0 Å². The van der Waals surface area contributed by atoms with Gasteiger partial charge in [0.2, 0.25) is 41.4 Å². The highest BCUT2D eigenvalue weighted by atomic mass is 19.1. The average Bonchev–Trinajstić information content (AvgIpc) is 4.00. The number of guanidine groups is 1. The molecule has 0 saturated carbocycles. The van der Waals surface area contributed by atoms with Gasteiger partial charge < -0.3 is 58.7 Å². The number of carbonyl (C=O) groups excluding carboxylic acids is 7. The van der Waals surface area contributed by atoms with Crippen LogP contribution in [0.15, 0.2) is 72.2 Å². The molecular formula is C48H66FN13O7. The number of para-hydroxylation sites is 1. The normalized spacial score (nSPS) is 20.6. The molecule has 4 aromatic rings. The first-order chi connectivity index (χ1) is 33.3. The van der Waals surface area contributed by atoms with Gasteiger partial charge in [-0.3, -0.25) is 38.6 Å². The molecule has 1 fully saturated rings. The van der Waals surface area contributed by atoms with Crippen LogP contribution in [0.1, 0.15) is 94.4 Å². The Hall–Kier alpha value is -7.32. The second-order valence-electron chi connectivity index (χ2n) is 17.2. The minimum Gasteiger partial charge on any atom is -0.370 e. The predicted octanol–water partition coefficient (Wildman–Crippen LogP) is 1.31. The van der Waals surface area contributed by atoms with Gasteiger partial charge in [0.25, 0.3) is 0 Å². The summed E-state index contributed by atoms with van der Waals surface area (Å²) in [4.78, 5) is 112. The van der Waals surface area contributed by atoms with E-state index in [1.54, 1.807) is 6.20 Å². The lowest BCUT2D eigenvalue weighted by Crippen LogP contribution is -2.60. The Morgan fingerprint density at radius 1 is 0.754 bits per heavy atom. The highest BCUT2D eigenvalue weighted by molar-refractivity contribution is 5.97. The molecule has 1 saturated heterocycles. The first-order valence-electron chi connectivity index (χ1n) is 23.7. The van der Waals surface area contributed by atoms with E-state index in [4.69, 9.17) is 11.5 Å². The lowest BCUT2D eigenvalue weighted by molar-refractivity contribution is -0.135. The average molecular weight is 956 g/mol. The van der Waals surface area contributed by atoms with Crippen LogP contribution >= 0.6 is 0 Å². The van der Waals surface area contributed by atoms with Crippen LogP contribution in [0, 0.1) is 5.82 Å². The van der Waals surface area contributed by atoms with E-state index < -0.39 is 71.5 Å². The van der Waals surface area contributed by atoms with Crippen LogP contribution in [-0.4, -0.2) is 112 Å². The Labute approximate surface area is 400 Å². The molecule has 69 heavy (non-hydrogen) atoms. The van der Waals surface area contributed by atoms with Gasteiger partial charge in [-0.05, 0) is 67.9 Å². The quantitative estimate of drug-likeness (QED) is 0.0435. The van der Waals surface area contributed by atoms with Crippen LogP contribution < -0.4 is 48.7 Å². The van der Waals surface area contributed by atoms with Gasteiger partial charge in [0, 0.05) is 80.7 Å². The fourth-order valence-electron chi connectivity index (χ4n) is 7.91. The molecule has 1 unspecified atom stereocenters. The summed E-state index contributed by atoms with van der Waals surface area (Å²) in [6.07, 6.45) is 8.82. The zero-order valence-electron chi connectivity index (χ0n) is 39.0. The molecule has 13 N–H and O–H groups in total. The van der Waals surface area contributed by atoms with Crippen molar-refractivity contribution in [1.29, 1.82) is 0 Å². The lowest BCUT2D eigenvalue weighted by atomic mass is 10.0. The van der Waals surface area contributed by atoms with Gasteiger partial charge in [0.15, 0.2) is 5.96 Å². The number of imidazole rings is 1. The highest BCUT2D eigenvalue weighted by Gasteiger charge is 2.33. The molecule has 2 aromatic carbocycles. The maximum Gasteiger partial charge on any atom is 0.243 e. The number of hydrogen-bond donors (Lipinski definition) is 11. The predicted molar refractivity (Wildman–Crippen MR) is 257 cm³/mol. The Morgan fingerprint density at radius 2 is 1.42 bits per heavy atom. The molecule has 0 bridgehead atoms. The largest absolute Gasteiger partial charge is 0.370 e. The van der Waals surface area contributed by atoms with Crippen LogP contribution in [0.2, 0.25) is 0 Å². The van der Waals surface area contributed by atoms with Crippen molar-refractivity contribution in [1.82, 2.24) is 52.2 Å². The van der Waals surface area contributed by atoms with Crippen LogP contribution in [0.4, 0.5) is 4.39 Å². The van der Waals surface area contributed by atoms with E-state index in [9.17, 15) is 38.0 Å². The van der Waals surface area contributed by atoms with Crippen molar-refractivity contribution >= 4 is 58.2 Å².